The minimum Gasteiger partial charge on any atom is -0.484 e. The van der Waals surface area contributed by atoms with E-state index in [1.54, 1.807) is 10.9 Å². The normalized spacial score (nSPS) is 12.4. The average Bonchev–Trinajstić information content (AvgIpc) is 2.75. The number of aryl methyl sites for hydroxylation is 2. The summed E-state index contributed by atoms with van der Waals surface area (Å²) in [6.45, 7) is 2.48. The lowest BCUT2D eigenvalue weighted by atomic mass is 10.2. The number of nitrogens with zero attached hydrogens (tertiary/aromatic N) is 2. The Balaban J connectivity index is 2.12. The zero-order valence-corrected chi connectivity index (χ0v) is 10.1. The maximum atomic E-state index is 5.84. The first-order chi connectivity index (χ1) is 8.19. The number of ether oxygens (including phenoxy) is 1. The van der Waals surface area contributed by atoms with E-state index < -0.39 is 0 Å². The molecule has 2 rings (SSSR count). The first kappa shape index (κ1) is 11.7. The predicted molar refractivity (Wildman–Crippen MR) is 66.8 cm³/mol. The van der Waals surface area contributed by atoms with E-state index in [1.165, 1.54) is 5.56 Å². The van der Waals surface area contributed by atoms with Gasteiger partial charge in [0.2, 0.25) is 0 Å². The third-order valence-corrected chi connectivity index (χ3v) is 2.61. The molecule has 1 aromatic carbocycles. The monoisotopic (exact) mass is 231 g/mol. The van der Waals surface area contributed by atoms with E-state index >= 15 is 0 Å². The molecule has 90 valence electrons. The molecular formula is C13H17N3O. The zero-order chi connectivity index (χ0) is 12.3. The summed E-state index contributed by atoms with van der Waals surface area (Å²) in [5.41, 5.74) is 7.94. The maximum absolute atomic E-state index is 5.84. The first-order valence-electron chi connectivity index (χ1n) is 5.61. The topological polar surface area (TPSA) is 53.1 Å². The molecule has 0 aliphatic heterocycles. The Morgan fingerprint density at radius 3 is 2.59 bits per heavy atom. The van der Waals surface area contributed by atoms with Crippen molar-refractivity contribution in [3.8, 4) is 5.75 Å². The van der Waals surface area contributed by atoms with Gasteiger partial charge in [0.15, 0.2) is 0 Å². The molecule has 1 heterocycles. The first-order valence-corrected chi connectivity index (χ1v) is 5.61. The molecule has 0 radical (unpaired) electrons. The van der Waals surface area contributed by atoms with Crippen LogP contribution in [0.2, 0.25) is 0 Å². The van der Waals surface area contributed by atoms with E-state index in [2.05, 4.69) is 5.10 Å². The highest BCUT2D eigenvalue weighted by Gasteiger charge is 2.13. The van der Waals surface area contributed by atoms with Crippen molar-refractivity contribution < 1.29 is 4.74 Å². The fourth-order valence-electron chi connectivity index (χ4n) is 1.64. The molecule has 1 atom stereocenters. The number of hydrogen-bond donors (Lipinski definition) is 1. The molecule has 0 saturated heterocycles. The van der Waals surface area contributed by atoms with Crippen molar-refractivity contribution in [2.75, 3.05) is 6.54 Å². The minimum absolute atomic E-state index is 0.147. The Hall–Kier alpha value is -1.81. The van der Waals surface area contributed by atoms with Gasteiger partial charge in [-0.2, -0.15) is 5.10 Å². The molecule has 0 amide bonds. The van der Waals surface area contributed by atoms with Crippen LogP contribution in [-0.2, 0) is 7.05 Å². The Morgan fingerprint density at radius 2 is 2.06 bits per heavy atom. The van der Waals surface area contributed by atoms with Crippen LogP contribution in [-0.4, -0.2) is 16.3 Å². The summed E-state index contributed by atoms with van der Waals surface area (Å²) in [6.07, 6.45) is 3.56. The Morgan fingerprint density at radius 1 is 1.35 bits per heavy atom. The summed E-state index contributed by atoms with van der Waals surface area (Å²) >= 11 is 0. The number of hydrogen-bond acceptors (Lipinski definition) is 3. The fraction of sp³-hybridized carbons (Fsp3) is 0.308. The molecule has 0 fully saturated rings. The van der Waals surface area contributed by atoms with Gasteiger partial charge in [-0.05, 0) is 19.1 Å². The molecule has 4 heteroatoms. The van der Waals surface area contributed by atoms with E-state index in [0.717, 1.165) is 11.3 Å². The van der Waals surface area contributed by atoms with Gasteiger partial charge in [-0.1, -0.05) is 17.7 Å². The zero-order valence-electron chi connectivity index (χ0n) is 10.1. The number of rotatable bonds is 4. The van der Waals surface area contributed by atoms with Crippen LogP contribution in [0.25, 0.3) is 0 Å². The van der Waals surface area contributed by atoms with Crippen LogP contribution < -0.4 is 10.5 Å². The molecular weight excluding hydrogens is 214 g/mol. The summed E-state index contributed by atoms with van der Waals surface area (Å²) in [4.78, 5) is 0. The van der Waals surface area contributed by atoms with E-state index in [-0.39, 0.29) is 6.10 Å². The van der Waals surface area contributed by atoms with Gasteiger partial charge in [0, 0.05) is 25.4 Å². The predicted octanol–water partition coefficient (Wildman–Crippen LogP) is 1.81. The molecule has 0 bridgehead atoms. The smallest absolute Gasteiger partial charge is 0.139 e. The van der Waals surface area contributed by atoms with Gasteiger partial charge in [-0.15, -0.1) is 0 Å². The van der Waals surface area contributed by atoms with Crippen molar-refractivity contribution >= 4 is 0 Å². The highest BCUT2D eigenvalue weighted by molar-refractivity contribution is 5.27. The molecule has 0 spiro atoms. The molecule has 2 N–H and O–H groups in total. The third kappa shape index (κ3) is 2.85. The highest BCUT2D eigenvalue weighted by Crippen LogP contribution is 2.21. The van der Waals surface area contributed by atoms with Gasteiger partial charge in [0.25, 0.3) is 0 Å². The van der Waals surface area contributed by atoms with Crippen LogP contribution in [0.15, 0.2) is 36.7 Å². The number of aromatic nitrogens is 2. The lowest BCUT2D eigenvalue weighted by Crippen LogP contribution is -2.18. The molecule has 0 aliphatic rings. The van der Waals surface area contributed by atoms with Crippen molar-refractivity contribution in [1.29, 1.82) is 0 Å². The van der Waals surface area contributed by atoms with Gasteiger partial charge in [-0.25, -0.2) is 0 Å². The van der Waals surface area contributed by atoms with E-state index in [4.69, 9.17) is 10.5 Å². The molecule has 1 unspecified atom stereocenters. The summed E-state index contributed by atoms with van der Waals surface area (Å²) < 4.78 is 7.59. The summed E-state index contributed by atoms with van der Waals surface area (Å²) in [6, 6.07) is 7.95. The highest BCUT2D eigenvalue weighted by atomic mass is 16.5. The quantitative estimate of drug-likeness (QED) is 0.873. The summed E-state index contributed by atoms with van der Waals surface area (Å²) in [7, 11) is 1.88. The Labute approximate surface area is 101 Å². The van der Waals surface area contributed by atoms with Crippen LogP contribution >= 0.6 is 0 Å². The SMILES string of the molecule is Cc1ccc(OC(CN)c2cnn(C)c2)cc1. The van der Waals surface area contributed by atoms with Gasteiger partial charge >= 0.3 is 0 Å². The van der Waals surface area contributed by atoms with Gasteiger partial charge in [0.05, 0.1) is 6.20 Å². The molecule has 2 aromatic rings. The van der Waals surface area contributed by atoms with Crippen LogP contribution in [0.4, 0.5) is 0 Å². The lowest BCUT2D eigenvalue weighted by molar-refractivity contribution is 0.214. The standard InChI is InChI=1S/C13H17N3O/c1-10-3-5-12(6-4-10)17-13(7-14)11-8-15-16(2)9-11/h3-6,8-9,13H,7,14H2,1-2H3. The van der Waals surface area contributed by atoms with E-state index in [1.807, 2.05) is 44.4 Å². The lowest BCUT2D eigenvalue weighted by Gasteiger charge is -2.16. The summed E-state index contributed by atoms with van der Waals surface area (Å²) in [5.74, 6) is 0.829. The number of benzene rings is 1. The van der Waals surface area contributed by atoms with E-state index in [9.17, 15) is 0 Å². The van der Waals surface area contributed by atoms with Crippen LogP contribution in [0, 0.1) is 6.92 Å². The maximum Gasteiger partial charge on any atom is 0.139 e. The van der Waals surface area contributed by atoms with Crippen molar-refractivity contribution in [2.45, 2.75) is 13.0 Å². The molecule has 1 aromatic heterocycles. The van der Waals surface area contributed by atoms with Crippen molar-refractivity contribution in [1.82, 2.24) is 9.78 Å². The van der Waals surface area contributed by atoms with Gasteiger partial charge in [-0.3, -0.25) is 4.68 Å². The second-order valence-corrected chi connectivity index (χ2v) is 4.10. The van der Waals surface area contributed by atoms with Crippen LogP contribution in [0.5, 0.6) is 5.75 Å². The minimum atomic E-state index is -0.147. The molecule has 0 saturated carbocycles. The largest absolute Gasteiger partial charge is 0.484 e. The van der Waals surface area contributed by atoms with Crippen LogP contribution in [0.1, 0.15) is 17.2 Å². The Bertz CT molecular complexity index is 476. The second-order valence-electron chi connectivity index (χ2n) is 4.10. The van der Waals surface area contributed by atoms with E-state index in [0.29, 0.717) is 6.54 Å². The fourth-order valence-corrected chi connectivity index (χ4v) is 1.64. The van der Waals surface area contributed by atoms with Crippen molar-refractivity contribution in [2.24, 2.45) is 12.8 Å². The Kier molecular flexibility index (Phi) is 3.44. The number of nitrogens with two attached hydrogens (primary N) is 1. The van der Waals surface area contributed by atoms with Gasteiger partial charge in [0.1, 0.15) is 11.9 Å². The van der Waals surface area contributed by atoms with Crippen molar-refractivity contribution in [3.05, 3.63) is 47.8 Å². The van der Waals surface area contributed by atoms with Crippen molar-refractivity contribution in [3.63, 3.8) is 0 Å². The second kappa shape index (κ2) is 5.01. The van der Waals surface area contributed by atoms with Gasteiger partial charge < -0.3 is 10.5 Å². The van der Waals surface area contributed by atoms with Crippen LogP contribution in [0.3, 0.4) is 0 Å². The average molecular weight is 231 g/mol. The molecule has 0 aliphatic carbocycles. The summed E-state index contributed by atoms with van der Waals surface area (Å²) in [5, 5.41) is 4.12. The third-order valence-electron chi connectivity index (χ3n) is 2.61. The molecule has 17 heavy (non-hydrogen) atoms. The molecule has 4 nitrogen and oxygen atoms in total.